The smallest absolute Gasteiger partial charge is 0.462 e. The zero-order chi connectivity index (χ0) is 65.5. The van der Waals surface area contributed by atoms with Gasteiger partial charge in [0.2, 0.25) is 0 Å². The number of carbonyl (C=O) groups excluding carboxylic acids is 2. The van der Waals surface area contributed by atoms with E-state index >= 15 is 0 Å². The summed E-state index contributed by atoms with van der Waals surface area (Å²) in [5, 5.41) is 0. The van der Waals surface area contributed by atoms with Crippen LogP contribution in [0.25, 0.3) is 0 Å². The number of carbonyl (C=O) groups is 2. The zero-order valence-corrected chi connectivity index (χ0v) is 57.9. The van der Waals surface area contributed by atoms with Crippen LogP contribution in [0.3, 0.4) is 0 Å². The van der Waals surface area contributed by atoms with Gasteiger partial charge >= 0.3 is 19.8 Å². The van der Waals surface area contributed by atoms with E-state index < -0.39 is 32.5 Å². The number of phosphoric acid groups is 1. The quantitative estimate of drug-likeness (QED) is 0.0211. The number of rotatable bonds is 60. The summed E-state index contributed by atoms with van der Waals surface area (Å²) in [5.41, 5.74) is 0. The van der Waals surface area contributed by atoms with Gasteiger partial charge in [0, 0.05) is 12.8 Å². The molecule has 0 saturated carbocycles. The van der Waals surface area contributed by atoms with Crippen molar-refractivity contribution in [3.05, 3.63) is 219 Å². The average Bonchev–Trinajstić information content (AvgIpc) is 3.58. The Hall–Kier alpha value is -5.67. The van der Waals surface area contributed by atoms with Crippen LogP contribution in [0.5, 0.6) is 0 Å². The maximum absolute atomic E-state index is 12.9. The van der Waals surface area contributed by atoms with E-state index in [4.69, 9.17) is 18.5 Å². The SMILES string of the molecule is CC/C=C\C/C=C\C/C=C\C/C=C\C/C=C\C/C=C\C/C=C\C/C=C\C/C=C\C/C=C\CCCCCCCCC(=O)OC(COC(=O)CCCCCC/C=C\C/C=C\C/C=C\C/C=C\C/C=C\C/C=C\C/C=C\C/C=C\CC)COP(=O)(O)OCC[N+](C)(C)C. The molecule has 0 bridgehead atoms. The number of esters is 2. The lowest BCUT2D eigenvalue weighted by Gasteiger charge is -2.24. The third-order valence-electron chi connectivity index (χ3n) is 13.5. The highest BCUT2D eigenvalue weighted by atomic mass is 31.2. The maximum Gasteiger partial charge on any atom is 0.472 e. The van der Waals surface area contributed by atoms with Gasteiger partial charge < -0.3 is 18.9 Å². The predicted octanol–water partition coefficient (Wildman–Crippen LogP) is 22.8. The molecule has 9 nitrogen and oxygen atoms in total. The zero-order valence-electron chi connectivity index (χ0n) is 57.0. The fourth-order valence-electron chi connectivity index (χ4n) is 8.29. The summed E-state index contributed by atoms with van der Waals surface area (Å²) in [6.07, 6.45) is 109. The number of nitrogens with zero attached hydrogens (tertiary/aromatic N) is 1. The lowest BCUT2D eigenvalue weighted by molar-refractivity contribution is -0.870. The van der Waals surface area contributed by atoms with Crippen molar-refractivity contribution in [2.75, 3.05) is 47.5 Å². The number of unbranched alkanes of at least 4 members (excludes halogenated alkanes) is 10. The number of ether oxygens (including phenoxy) is 2. The summed E-state index contributed by atoms with van der Waals surface area (Å²) in [6.45, 7) is 4.12. The number of phosphoric ester groups is 1. The van der Waals surface area contributed by atoms with Gasteiger partial charge in [0.1, 0.15) is 19.8 Å². The van der Waals surface area contributed by atoms with Crippen LogP contribution in [0, 0.1) is 0 Å². The highest BCUT2D eigenvalue weighted by molar-refractivity contribution is 7.47. The highest BCUT2D eigenvalue weighted by Crippen LogP contribution is 2.43. The molecule has 0 aliphatic heterocycles. The van der Waals surface area contributed by atoms with Crippen LogP contribution < -0.4 is 0 Å². The first-order valence-corrected chi connectivity index (χ1v) is 36.0. The van der Waals surface area contributed by atoms with Crippen LogP contribution in [0.15, 0.2) is 219 Å². The molecule has 10 heteroatoms. The summed E-state index contributed by atoms with van der Waals surface area (Å²) < 4.78 is 34.6. The second-order valence-corrected chi connectivity index (χ2v) is 24.5. The molecule has 0 aliphatic rings. The predicted molar refractivity (Wildman–Crippen MR) is 389 cm³/mol. The Morgan fingerprint density at radius 1 is 0.344 bits per heavy atom. The first-order valence-electron chi connectivity index (χ1n) is 34.5. The standard InChI is InChI=1S/C80H124NO8P/c1-6-8-10-12-14-16-18-20-22-24-26-28-30-32-34-36-37-38-39-40-41-42-43-45-47-49-51-53-55-57-59-61-63-65-67-69-71-73-80(83)89-78(77-88-90(84,85)87-75-74-81(3,4)5)76-86-79(82)72-70-68-66-64-62-60-58-56-54-52-50-48-46-44-35-33-31-29-27-25-23-21-19-17-15-13-11-9-7-2/h8-11,14-17,20-23,26-29,32-35,37-38,40-41,43,45-46,48-49,51-52,54-55,57-58,60,78H,6-7,12-13,18-19,24-25,30-31,36,39,42,44,47,50,53,56,59,61-77H2,1-5H3/p+1/b10-8-,11-9-,16-14-,17-15-,22-20-,23-21-,28-26-,29-27-,34-32-,35-33-,38-37-,41-40-,45-43-,48-46-,51-49-,54-52-,57-55-,60-58-. The molecule has 0 aromatic rings. The largest absolute Gasteiger partial charge is 0.472 e. The van der Waals surface area contributed by atoms with E-state index in [0.717, 1.165) is 180 Å². The van der Waals surface area contributed by atoms with Gasteiger partial charge in [0.05, 0.1) is 27.7 Å². The van der Waals surface area contributed by atoms with Crippen LogP contribution >= 0.6 is 7.82 Å². The summed E-state index contributed by atoms with van der Waals surface area (Å²) in [5.74, 6) is -0.863. The summed E-state index contributed by atoms with van der Waals surface area (Å²) in [4.78, 5) is 35.9. The highest BCUT2D eigenvalue weighted by Gasteiger charge is 2.27. The van der Waals surface area contributed by atoms with E-state index in [1.165, 1.54) is 0 Å². The minimum atomic E-state index is -4.42. The third kappa shape index (κ3) is 71.4. The minimum absolute atomic E-state index is 0.0107. The molecule has 0 radical (unpaired) electrons. The van der Waals surface area contributed by atoms with Gasteiger partial charge in [-0.2, -0.15) is 0 Å². The Morgan fingerprint density at radius 3 is 0.889 bits per heavy atom. The molecule has 0 amide bonds. The molecule has 0 fully saturated rings. The molecule has 0 heterocycles. The fraction of sp³-hybridized carbons (Fsp3) is 0.525. The maximum atomic E-state index is 12.9. The molecule has 2 atom stereocenters. The van der Waals surface area contributed by atoms with Gasteiger partial charge in [-0.25, -0.2) is 4.57 Å². The van der Waals surface area contributed by atoms with Gasteiger partial charge in [-0.15, -0.1) is 0 Å². The minimum Gasteiger partial charge on any atom is -0.462 e. The molecule has 90 heavy (non-hydrogen) atoms. The van der Waals surface area contributed by atoms with Crippen molar-refractivity contribution >= 4 is 19.8 Å². The average molecular weight is 1260 g/mol. The number of hydrogen-bond donors (Lipinski definition) is 1. The Kier molecular flexibility index (Phi) is 63.4. The first kappa shape index (κ1) is 84.3. The first-order chi connectivity index (χ1) is 44.0. The summed E-state index contributed by atoms with van der Waals surface area (Å²) >= 11 is 0. The third-order valence-corrected chi connectivity index (χ3v) is 14.5. The lowest BCUT2D eigenvalue weighted by Crippen LogP contribution is -2.37. The van der Waals surface area contributed by atoms with E-state index in [2.05, 4.69) is 233 Å². The van der Waals surface area contributed by atoms with Gasteiger partial charge in [-0.05, 0) is 154 Å². The van der Waals surface area contributed by atoms with Crippen molar-refractivity contribution in [1.29, 1.82) is 0 Å². The van der Waals surface area contributed by atoms with Crippen LogP contribution in [-0.2, 0) is 32.7 Å². The summed E-state index contributed by atoms with van der Waals surface area (Å²) in [6, 6.07) is 0. The molecule has 0 aromatic heterocycles. The van der Waals surface area contributed by atoms with E-state index in [-0.39, 0.29) is 26.1 Å². The van der Waals surface area contributed by atoms with Crippen LogP contribution in [0.4, 0.5) is 0 Å². The summed E-state index contributed by atoms with van der Waals surface area (Å²) in [7, 11) is 1.42. The topological polar surface area (TPSA) is 108 Å². The molecule has 0 saturated heterocycles. The monoisotopic (exact) mass is 1260 g/mol. The number of likely N-dealkylation sites (N-methyl/N-ethyl adjacent to an activating group) is 1. The van der Waals surface area contributed by atoms with E-state index in [0.29, 0.717) is 23.9 Å². The lowest BCUT2D eigenvalue weighted by atomic mass is 10.1. The van der Waals surface area contributed by atoms with Crippen LogP contribution in [-0.4, -0.2) is 74.9 Å². The second kappa shape index (κ2) is 67.7. The second-order valence-electron chi connectivity index (χ2n) is 23.1. The van der Waals surface area contributed by atoms with Gasteiger partial charge in [-0.1, -0.05) is 271 Å². The molecule has 0 rings (SSSR count). The van der Waals surface area contributed by atoms with Gasteiger partial charge in [0.25, 0.3) is 0 Å². The number of quaternary nitrogens is 1. The molecule has 0 spiro atoms. The molecule has 0 aliphatic carbocycles. The van der Waals surface area contributed by atoms with Crippen molar-refractivity contribution in [3.8, 4) is 0 Å². The van der Waals surface area contributed by atoms with E-state index in [1.807, 2.05) is 21.1 Å². The van der Waals surface area contributed by atoms with Crippen molar-refractivity contribution in [3.63, 3.8) is 0 Å². The molecule has 1 N–H and O–H groups in total. The van der Waals surface area contributed by atoms with Gasteiger partial charge in [0.15, 0.2) is 6.10 Å². The number of hydrogen-bond acceptors (Lipinski definition) is 7. The fourth-order valence-corrected chi connectivity index (χ4v) is 9.03. The van der Waals surface area contributed by atoms with E-state index in [9.17, 15) is 19.0 Å². The Balaban J connectivity index is 4.26. The normalized spacial score (nSPS) is 14.5. The molecule has 2 unspecified atom stereocenters. The van der Waals surface area contributed by atoms with Crippen molar-refractivity contribution in [2.24, 2.45) is 0 Å². The molecular formula is C80H125NO8P+. The van der Waals surface area contributed by atoms with Crippen LogP contribution in [0.2, 0.25) is 0 Å². The molecular weight excluding hydrogens is 1130 g/mol. The molecule has 0 aromatic carbocycles. The Morgan fingerprint density at radius 2 is 0.600 bits per heavy atom. The van der Waals surface area contributed by atoms with Crippen LogP contribution in [0.1, 0.15) is 219 Å². The molecule has 502 valence electrons. The van der Waals surface area contributed by atoms with E-state index in [1.54, 1.807) is 0 Å². The number of allylic oxidation sites excluding steroid dienone is 36. The van der Waals surface area contributed by atoms with Crippen molar-refractivity contribution < 1.29 is 42.1 Å². The Labute approximate surface area is 550 Å². The van der Waals surface area contributed by atoms with Crippen molar-refractivity contribution in [2.45, 2.75) is 225 Å². The Bertz CT molecular complexity index is 2320. The van der Waals surface area contributed by atoms with Gasteiger partial charge in [-0.3, -0.25) is 18.6 Å². The van der Waals surface area contributed by atoms with Crippen molar-refractivity contribution in [1.82, 2.24) is 0 Å².